The average Bonchev–Trinajstić information content (AvgIpc) is 3.15. The molecule has 0 spiro atoms. The molecule has 28 heavy (non-hydrogen) atoms. The molecule has 3 N–H and O–H groups in total. The summed E-state index contributed by atoms with van der Waals surface area (Å²) in [6.45, 7) is 3.91. The van der Waals surface area contributed by atoms with E-state index >= 15 is 0 Å². The van der Waals surface area contributed by atoms with Crippen LogP contribution in [0.5, 0.6) is 0 Å². The number of carbonyl (C=O) groups excluding carboxylic acids is 2. The molecule has 1 saturated heterocycles. The second-order valence-corrected chi connectivity index (χ2v) is 8.50. The highest BCUT2D eigenvalue weighted by Crippen LogP contribution is 2.27. The lowest BCUT2D eigenvalue weighted by atomic mass is 9.84. The summed E-state index contributed by atoms with van der Waals surface area (Å²) in [6, 6.07) is 0.607. The molecule has 3 fully saturated rings. The van der Waals surface area contributed by atoms with Gasteiger partial charge in [0.05, 0.1) is 12.5 Å². The van der Waals surface area contributed by atoms with Gasteiger partial charge in [-0.25, -0.2) is 4.79 Å². The molecule has 8 nitrogen and oxygen atoms in total. The Morgan fingerprint density at radius 2 is 1.75 bits per heavy atom. The van der Waals surface area contributed by atoms with Gasteiger partial charge in [0.2, 0.25) is 5.91 Å². The molecule has 3 amide bonds. The van der Waals surface area contributed by atoms with Gasteiger partial charge in [-0.2, -0.15) is 0 Å². The summed E-state index contributed by atoms with van der Waals surface area (Å²) < 4.78 is 0. The number of likely N-dealkylation sites (tertiary alicyclic amines) is 1. The fourth-order valence-electron chi connectivity index (χ4n) is 4.71. The molecule has 3 rings (SSSR count). The SMILES string of the molecule is CCN(CC(=O)O)C1CC(NC(=O)C2CCCN(C(=O)NC3CCCC3)C2)C1. The van der Waals surface area contributed by atoms with E-state index in [2.05, 4.69) is 10.6 Å². The smallest absolute Gasteiger partial charge is 0.317 e. The predicted octanol–water partition coefficient (Wildman–Crippen LogP) is 1.40. The number of carbonyl (C=O) groups is 3. The van der Waals surface area contributed by atoms with E-state index in [1.165, 1.54) is 12.8 Å². The number of urea groups is 1. The first kappa shape index (κ1) is 20.9. The summed E-state index contributed by atoms with van der Waals surface area (Å²) >= 11 is 0. The molecule has 2 saturated carbocycles. The second kappa shape index (κ2) is 9.58. The number of carboxylic acids is 1. The van der Waals surface area contributed by atoms with Gasteiger partial charge in [-0.05, 0) is 45.1 Å². The summed E-state index contributed by atoms with van der Waals surface area (Å²) in [5.41, 5.74) is 0. The van der Waals surface area contributed by atoms with Crippen LogP contribution < -0.4 is 10.6 Å². The Kier molecular flexibility index (Phi) is 7.15. The van der Waals surface area contributed by atoms with Crippen LogP contribution in [0.15, 0.2) is 0 Å². The van der Waals surface area contributed by atoms with Crippen molar-refractivity contribution in [2.75, 3.05) is 26.2 Å². The monoisotopic (exact) mass is 394 g/mol. The maximum atomic E-state index is 12.7. The lowest BCUT2D eigenvalue weighted by Crippen LogP contribution is -2.57. The van der Waals surface area contributed by atoms with Crippen molar-refractivity contribution in [3.63, 3.8) is 0 Å². The third kappa shape index (κ3) is 5.37. The molecule has 1 heterocycles. The predicted molar refractivity (Wildman–Crippen MR) is 105 cm³/mol. The van der Waals surface area contributed by atoms with Crippen molar-refractivity contribution in [3.05, 3.63) is 0 Å². The average molecular weight is 395 g/mol. The van der Waals surface area contributed by atoms with Crippen LogP contribution in [0.3, 0.4) is 0 Å². The molecule has 0 aromatic heterocycles. The molecule has 1 aliphatic heterocycles. The minimum Gasteiger partial charge on any atom is -0.480 e. The van der Waals surface area contributed by atoms with Crippen molar-refractivity contribution in [2.45, 2.75) is 76.4 Å². The highest BCUT2D eigenvalue weighted by Gasteiger charge is 2.37. The lowest BCUT2D eigenvalue weighted by Gasteiger charge is -2.43. The molecule has 1 atom stereocenters. The van der Waals surface area contributed by atoms with Crippen molar-refractivity contribution in [3.8, 4) is 0 Å². The first-order valence-corrected chi connectivity index (χ1v) is 10.8. The third-order valence-corrected chi connectivity index (χ3v) is 6.48. The van der Waals surface area contributed by atoms with Crippen LogP contribution in [0, 0.1) is 5.92 Å². The number of carboxylic acid groups (broad SMARTS) is 1. The minimum absolute atomic E-state index is 0.0274. The molecule has 8 heteroatoms. The van der Waals surface area contributed by atoms with Crippen LogP contribution in [0.2, 0.25) is 0 Å². The van der Waals surface area contributed by atoms with Gasteiger partial charge in [0.1, 0.15) is 0 Å². The topological polar surface area (TPSA) is 102 Å². The number of likely N-dealkylation sites (N-methyl/N-ethyl adjacent to an activating group) is 1. The normalized spacial score (nSPS) is 28.1. The van der Waals surface area contributed by atoms with E-state index in [4.69, 9.17) is 5.11 Å². The van der Waals surface area contributed by atoms with Crippen LogP contribution in [-0.2, 0) is 9.59 Å². The van der Waals surface area contributed by atoms with E-state index in [-0.39, 0.29) is 36.5 Å². The van der Waals surface area contributed by atoms with Gasteiger partial charge in [0, 0.05) is 31.2 Å². The van der Waals surface area contributed by atoms with E-state index in [0.717, 1.165) is 38.5 Å². The van der Waals surface area contributed by atoms with Crippen LogP contribution in [0.4, 0.5) is 4.79 Å². The van der Waals surface area contributed by atoms with Crippen molar-refractivity contribution < 1.29 is 19.5 Å². The zero-order chi connectivity index (χ0) is 20.1. The van der Waals surface area contributed by atoms with Crippen molar-refractivity contribution >= 4 is 17.9 Å². The fraction of sp³-hybridized carbons (Fsp3) is 0.850. The Balaban J connectivity index is 1.41. The highest BCUT2D eigenvalue weighted by atomic mass is 16.4. The van der Waals surface area contributed by atoms with Crippen LogP contribution in [0.25, 0.3) is 0 Å². The minimum atomic E-state index is -0.812. The molecule has 2 aliphatic carbocycles. The Hall–Kier alpha value is -1.83. The Morgan fingerprint density at radius 3 is 2.39 bits per heavy atom. The standard InChI is InChI=1S/C20H34N4O4/c1-2-23(13-18(25)26)17-10-16(11-17)21-19(27)14-6-5-9-24(12-14)20(28)22-15-7-3-4-8-15/h14-17H,2-13H2,1H3,(H,21,27)(H,22,28)(H,25,26). The zero-order valence-corrected chi connectivity index (χ0v) is 16.9. The largest absolute Gasteiger partial charge is 0.480 e. The van der Waals surface area contributed by atoms with Crippen LogP contribution >= 0.6 is 0 Å². The number of rotatable bonds is 7. The Labute approximate surface area is 167 Å². The van der Waals surface area contributed by atoms with Gasteiger partial charge in [-0.3, -0.25) is 14.5 Å². The number of piperidine rings is 1. The van der Waals surface area contributed by atoms with E-state index in [1.807, 2.05) is 11.8 Å². The van der Waals surface area contributed by atoms with E-state index in [0.29, 0.717) is 25.7 Å². The summed E-state index contributed by atoms with van der Waals surface area (Å²) in [6.07, 6.45) is 7.74. The zero-order valence-electron chi connectivity index (χ0n) is 16.9. The maximum Gasteiger partial charge on any atom is 0.317 e. The van der Waals surface area contributed by atoms with E-state index < -0.39 is 5.97 Å². The molecular weight excluding hydrogens is 360 g/mol. The van der Waals surface area contributed by atoms with Crippen LogP contribution in [0.1, 0.15) is 58.3 Å². The van der Waals surface area contributed by atoms with Gasteiger partial charge in [0.25, 0.3) is 0 Å². The van der Waals surface area contributed by atoms with Crippen molar-refractivity contribution in [2.24, 2.45) is 5.92 Å². The lowest BCUT2D eigenvalue weighted by molar-refractivity contribution is -0.140. The highest BCUT2D eigenvalue weighted by molar-refractivity contribution is 5.81. The number of nitrogens with one attached hydrogen (secondary N) is 2. The number of hydrogen-bond donors (Lipinski definition) is 3. The van der Waals surface area contributed by atoms with Crippen molar-refractivity contribution in [1.82, 2.24) is 20.4 Å². The molecule has 0 aromatic rings. The van der Waals surface area contributed by atoms with E-state index in [1.54, 1.807) is 4.90 Å². The fourth-order valence-corrected chi connectivity index (χ4v) is 4.71. The summed E-state index contributed by atoms with van der Waals surface area (Å²) in [5.74, 6) is -0.931. The quantitative estimate of drug-likeness (QED) is 0.606. The first-order valence-electron chi connectivity index (χ1n) is 10.8. The van der Waals surface area contributed by atoms with Gasteiger partial charge in [-0.15, -0.1) is 0 Å². The van der Waals surface area contributed by atoms with Gasteiger partial charge in [-0.1, -0.05) is 19.8 Å². The maximum absolute atomic E-state index is 12.7. The summed E-state index contributed by atoms with van der Waals surface area (Å²) in [5, 5.41) is 15.2. The molecule has 0 bridgehead atoms. The van der Waals surface area contributed by atoms with Gasteiger partial charge >= 0.3 is 12.0 Å². The van der Waals surface area contributed by atoms with Crippen molar-refractivity contribution in [1.29, 1.82) is 0 Å². The Bertz CT molecular complexity index is 573. The number of nitrogens with zero attached hydrogens (tertiary/aromatic N) is 2. The summed E-state index contributed by atoms with van der Waals surface area (Å²) in [4.78, 5) is 39.8. The van der Waals surface area contributed by atoms with Gasteiger partial charge in [0.15, 0.2) is 0 Å². The molecule has 158 valence electrons. The van der Waals surface area contributed by atoms with E-state index in [9.17, 15) is 14.4 Å². The number of amides is 3. The molecular formula is C20H34N4O4. The first-order chi connectivity index (χ1) is 13.5. The third-order valence-electron chi connectivity index (χ3n) is 6.48. The second-order valence-electron chi connectivity index (χ2n) is 8.50. The molecule has 0 radical (unpaired) electrons. The molecule has 0 aromatic carbocycles. The number of hydrogen-bond acceptors (Lipinski definition) is 4. The molecule has 1 unspecified atom stereocenters. The van der Waals surface area contributed by atoms with Gasteiger partial charge < -0.3 is 20.6 Å². The van der Waals surface area contributed by atoms with Crippen LogP contribution in [-0.4, -0.2) is 77.1 Å². The summed E-state index contributed by atoms with van der Waals surface area (Å²) in [7, 11) is 0. The Morgan fingerprint density at radius 1 is 1.04 bits per heavy atom. The molecule has 3 aliphatic rings. The number of aliphatic carboxylic acids is 1.